The molecule has 0 saturated heterocycles. The second kappa shape index (κ2) is 8.11. The van der Waals surface area contributed by atoms with Crippen molar-refractivity contribution in [1.82, 2.24) is 14.8 Å². The molecule has 1 aliphatic heterocycles. The van der Waals surface area contributed by atoms with Crippen molar-refractivity contribution in [3.8, 4) is 11.5 Å². The van der Waals surface area contributed by atoms with Gasteiger partial charge in [0.25, 0.3) is 0 Å². The zero-order valence-corrected chi connectivity index (χ0v) is 14.7. The number of amides is 1. The van der Waals surface area contributed by atoms with Gasteiger partial charge < -0.3 is 14.8 Å². The average Bonchev–Trinajstić information content (AvgIpc) is 2.81. The molecular formula is C16H20N4O4S. The van der Waals surface area contributed by atoms with Crippen LogP contribution in [0.1, 0.15) is 19.8 Å². The number of nitrogens with zero attached hydrogens (tertiary/aromatic N) is 2. The Labute approximate surface area is 148 Å². The maximum Gasteiger partial charge on any atom is 0.343 e. The Kier molecular flexibility index (Phi) is 5.64. The highest BCUT2D eigenvalue weighted by molar-refractivity contribution is 7.99. The van der Waals surface area contributed by atoms with E-state index in [1.807, 2.05) is 6.92 Å². The molecule has 3 rings (SSSR count). The van der Waals surface area contributed by atoms with Gasteiger partial charge in [0, 0.05) is 24.7 Å². The molecule has 2 N–H and O–H groups in total. The van der Waals surface area contributed by atoms with Crippen molar-refractivity contribution in [2.24, 2.45) is 0 Å². The van der Waals surface area contributed by atoms with E-state index < -0.39 is 0 Å². The van der Waals surface area contributed by atoms with Gasteiger partial charge in [-0.05, 0) is 18.6 Å². The van der Waals surface area contributed by atoms with E-state index >= 15 is 0 Å². The highest BCUT2D eigenvalue weighted by Gasteiger charge is 2.13. The van der Waals surface area contributed by atoms with Gasteiger partial charge in [0.2, 0.25) is 5.91 Å². The first-order chi connectivity index (χ1) is 12.2. The summed E-state index contributed by atoms with van der Waals surface area (Å²) in [7, 11) is 0. The number of H-pyrrole nitrogens is 1. The number of carbonyl (C=O) groups excluding carboxylic acids is 1. The summed E-state index contributed by atoms with van der Waals surface area (Å²) >= 11 is 1.22. The first-order valence-corrected chi connectivity index (χ1v) is 9.13. The number of nitrogens with one attached hydrogen (secondary N) is 2. The molecule has 0 spiro atoms. The van der Waals surface area contributed by atoms with Crippen molar-refractivity contribution < 1.29 is 14.3 Å². The molecule has 1 aliphatic rings. The van der Waals surface area contributed by atoms with Crippen LogP contribution < -0.4 is 20.5 Å². The van der Waals surface area contributed by atoms with E-state index in [9.17, 15) is 9.59 Å². The monoisotopic (exact) mass is 364 g/mol. The summed E-state index contributed by atoms with van der Waals surface area (Å²) in [5.74, 6) is 1.29. The molecule has 2 aromatic rings. The number of aromatic nitrogens is 3. The van der Waals surface area contributed by atoms with Crippen LogP contribution in [0.4, 0.5) is 5.69 Å². The van der Waals surface area contributed by atoms with Crippen LogP contribution >= 0.6 is 11.8 Å². The molecule has 8 nitrogen and oxygen atoms in total. The van der Waals surface area contributed by atoms with E-state index in [1.165, 1.54) is 16.3 Å². The van der Waals surface area contributed by atoms with Crippen LogP contribution in [0, 0.1) is 0 Å². The zero-order chi connectivity index (χ0) is 17.6. The number of anilines is 1. The lowest BCUT2D eigenvalue weighted by Crippen LogP contribution is -2.18. The predicted molar refractivity (Wildman–Crippen MR) is 94.5 cm³/mol. The SMILES string of the molecule is CCCn1c(SCC(=O)Nc2ccc3c(c2)OCCCO3)n[nH]c1=O. The maximum absolute atomic E-state index is 12.2. The third-order valence-corrected chi connectivity index (χ3v) is 4.51. The van der Waals surface area contributed by atoms with Gasteiger partial charge in [-0.15, -0.1) is 5.10 Å². The number of hydrogen-bond donors (Lipinski definition) is 2. The summed E-state index contributed by atoms with van der Waals surface area (Å²) in [6, 6.07) is 5.32. The summed E-state index contributed by atoms with van der Waals surface area (Å²) in [5, 5.41) is 9.70. The molecule has 0 bridgehead atoms. The Morgan fingerprint density at radius 2 is 2.16 bits per heavy atom. The molecule has 0 fully saturated rings. The maximum atomic E-state index is 12.2. The van der Waals surface area contributed by atoms with Gasteiger partial charge in [0.05, 0.1) is 19.0 Å². The van der Waals surface area contributed by atoms with Crippen LogP contribution in [0.25, 0.3) is 0 Å². The van der Waals surface area contributed by atoms with E-state index in [1.54, 1.807) is 18.2 Å². The van der Waals surface area contributed by atoms with E-state index in [0.29, 0.717) is 42.1 Å². The molecule has 9 heteroatoms. The molecular weight excluding hydrogens is 344 g/mol. The number of benzene rings is 1. The molecule has 0 unspecified atom stereocenters. The molecule has 25 heavy (non-hydrogen) atoms. The Bertz CT molecular complexity index is 802. The lowest BCUT2D eigenvalue weighted by Gasteiger charge is -2.10. The molecule has 1 amide bonds. The lowest BCUT2D eigenvalue weighted by molar-refractivity contribution is -0.113. The Balaban J connectivity index is 1.60. The van der Waals surface area contributed by atoms with Gasteiger partial charge >= 0.3 is 5.69 Å². The van der Waals surface area contributed by atoms with Gasteiger partial charge in [-0.25, -0.2) is 9.89 Å². The van der Waals surface area contributed by atoms with Crippen molar-refractivity contribution in [2.75, 3.05) is 24.3 Å². The summed E-state index contributed by atoms with van der Waals surface area (Å²) in [5.41, 5.74) is 0.385. The molecule has 1 aromatic heterocycles. The number of thioether (sulfide) groups is 1. The zero-order valence-electron chi connectivity index (χ0n) is 13.9. The summed E-state index contributed by atoms with van der Waals surface area (Å²) in [6.45, 7) is 3.76. The predicted octanol–water partition coefficient (Wildman–Crippen LogP) is 1.87. The quantitative estimate of drug-likeness (QED) is 0.760. The molecule has 0 atom stereocenters. The molecule has 134 valence electrons. The number of aromatic amines is 1. The number of carbonyl (C=O) groups is 1. The van der Waals surface area contributed by atoms with Gasteiger partial charge in [-0.1, -0.05) is 18.7 Å². The van der Waals surface area contributed by atoms with Crippen LogP contribution in [0.15, 0.2) is 28.2 Å². The number of rotatable bonds is 6. The fraction of sp³-hybridized carbons (Fsp3) is 0.438. The Morgan fingerprint density at radius 3 is 2.96 bits per heavy atom. The molecule has 0 saturated carbocycles. The fourth-order valence-electron chi connectivity index (χ4n) is 2.40. The molecule has 0 radical (unpaired) electrons. The van der Waals surface area contributed by atoms with Crippen LogP contribution in [0.2, 0.25) is 0 Å². The fourth-order valence-corrected chi connectivity index (χ4v) is 3.18. The van der Waals surface area contributed by atoms with E-state index in [2.05, 4.69) is 15.5 Å². The van der Waals surface area contributed by atoms with Crippen LogP contribution in [-0.2, 0) is 11.3 Å². The number of hydrogen-bond acceptors (Lipinski definition) is 6. The van der Waals surface area contributed by atoms with Crippen LogP contribution in [0.3, 0.4) is 0 Å². The summed E-state index contributed by atoms with van der Waals surface area (Å²) in [4.78, 5) is 23.8. The number of ether oxygens (including phenoxy) is 2. The second-order valence-corrected chi connectivity index (χ2v) is 6.45. The smallest absolute Gasteiger partial charge is 0.343 e. The molecule has 2 heterocycles. The van der Waals surface area contributed by atoms with Gasteiger partial charge in [0.1, 0.15) is 0 Å². The first kappa shape index (κ1) is 17.4. The van der Waals surface area contributed by atoms with Crippen molar-refractivity contribution >= 4 is 23.4 Å². The highest BCUT2D eigenvalue weighted by Crippen LogP contribution is 2.32. The van der Waals surface area contributed by atoms with E-state index in [0.717, 1.165) is 12.8 Å². The normalized spacial score (nSPS) is 13.3. The Morgan fingerprint density at radius 1 is 1.36 bits per heavy atom. The van der Waals surface area contributed by atoms with Crippen molar-refractivity contribution in [3.63, 3.8) is 0 Å². The van der Waals surface area contributed by atoms with E-state index in [4.69, 9.17) is 9.47 Å². The third kappa shape index (κ3) is 4.36. The largest absolute Gasteiger partial charge is 0.490 e. The molecule has 1 aromatic carbocycles. The highest BCUT2D eigenvalue weighted by atomic mass is 32.2. The van der Waals surface area contributed by atoms with Crippen molar-refractivity contribution in [2.45, 2.75) is 31.5 Å². The third-order valence-electron chi connectivity index (χ3n) is 3.53. The lowest BCUT2D eigenvalue weighted by atomic mass is 10.2. The van der Waals surface area contributed by atoms with Crippen molar-refractivity contribution in [1.29, 1.82) is 0 Å². The van der Waals surface area contributed by atoms with Gasteiger partial charge in [0.15, 0.2) is 16.7 Å². The minimum Gasteiger partial charge on any atom is -0.490 e. The molecule has 0 aliphatic carbocycles. The first-order valence-electron chi connectivity index (χ1n) is 8.15. The summed E-state index contributed by atoms with van der Waals surface area (Å²) < 4.78 is 12.7. The van der Waals surface area contributed by atoms with Crippen LogP contribution in [-0.4, -0.2) is 39.6 Å². The topological polar surface area (TPSA) is 98.2 Å². The Hall–Kier alpha value is -2.42. The standard InChI is InChI=1S/C16H20N4O4S/c1-2-6-20-15(22)18-19-16(20)25-10-14(21)17-11-4-5-12-13(9-11)24-8-3-7-23-12/h4-5,9H,2-3,6-8,10H2,1H3,(H,17,21)(H,18,22). The number of fused-ring (bicyclic) bond motifs is 1. The van der Waals surface area contributed by atoms with Gasteiger partial charge in [-0.2, -0.15) is 0 Å². The minimum absolute atomic E-state index is 0.155. The minimum atomic E-state index is -0.257. The average molecular weight is 364 g/mol. The van der Waals surface area contributed by atoms with Crippen molar-refractivity contribution in [3.05, 3.63) is 28.7 Å². The van der Waals surface area contributed by atoms with Crippen LogP contribution in [0.5, 0.6) is 11.5 Å². The summed E-state index contributed by atoms with van der Waals surface area (Å²) in [6.07, 6.45) is 1.65. The van der Waals surface area contributed by atoms with Gasteiger partial charge in [-0.3, -0.25) is 9.36 Å². The second-order valence-electron chi connectivity index (χ2n) is 5.51. The van der Waals surface area contributed by atoms with E-state index in [-0.39, 0.29) is 17.3 Å².